The third-order valence-electron chi connectivity index (χ3n) is 5.09. The first-order chi connectivity index (χ1) is 14.8. The summed E-state index contributed by atoms with van der Waals surface area (Å²) >= 11 is 0. The highest BCUT2D eigenvalue weighted by atomic mass is 19.4. The Morgan fingerprint density at radius 3 is 2.84 bits per heavy atom. The molecule has 31 heavy (non-hydrogen) atoms. The summed E-state index contributed by atoms with van der Waals surface area (Å²) < 4.78 is 47.5. The van der Waals surface area contributed by atoms with Crippen LogP contribution in [-0.2, 0) is 6.54 Å². The summed E-state index contributed by atoms with van der Waals surface area (Å²) in [5.41, 5.74) is 1.33. The van der Waals surface area contributed by atoms with Crippen molar-refractivity contribution in [2.45, 2.75) is 31.2 Å². The van der Waals surface area contributed by atoms with Crippen LogP contribution in [0.1, 0.15) is 40.1 Å². The Kier molecular flexibility index (Phi) is 5.53. The molecule has 0 bridgehead atoms. The lowest BCUT2D eigenvalue weighted by Gasteiger charge is -2.33. The molecule has 0 radical (unpaired) electrons. The van der Waals surface area contributed by atoms with Crippen LogP contribution >= 0.6 is 0 Å². The number of fused-ring (bicyclic) bond motifs is 1. The zero-order chi connectivity index (χ0) is 22.0. The number of methoxy groups -OCH3 is 1. The number of nitrogens with zero attached hydrogens (tertiary/aromatic N) is 3. The van der Waals surface area contributed by atoms with Gasteiger partial charge in [-0.2, -0.15) is 18.3 Å². The van der Waals surface area contributed by atoms with Gasteiger partial charge >= 0.3 is 6.18 Å². The van der Waals surface area contributed by atoms with Gasteiger partial charge in [0.1, 0.15) is 11.6 Å². The monoisotopic (exact) mass is 431 g/mol. The minimum Gasteiger partial charge on any atom is -0.497 e. The molecule has 0 aliphatic carbocycles. The van der Waals surface area contributed by atoms with Gasteiger partial charge in [0.2, 0.25) is 0 Å². The van der Waals surface area contributed by atoms with E-state index in [1.165, 1.54) is 13.2 Å². The summed E-state index contributed by atoms with van der Waals surface area (Å²) in [7, 11) is 1.50. The van der Waals surface area contributed by atoms with Gasteiger partial charge in [0, 0.05) is 31.4 Å². The zero-order valence-corrected chi connectivity index (χ0v) is 16.6. The molecule has 0 fully saturated rings. The van der Waals surface area contributed by atoms with E-state index in [2.05, 4.69) is 20.7 Å². The molecule has 7 nitrogen and oxygen atoms in total. The standard InChI is InChI=1S/C21H20F3N5O2/c1-31-15-6-2-5-14(8-15)16-9-18(21(22,23)24)29-19(27-16)10-17(28-29)20(30)26-12-13-4-3-7-25-11-13/h2-8,10-11,16,18,27H,9,12H2,1H3,(H,26,30)/t16-,18+/m1/s1. The number of carbonyl (C=O) groups is 1. The van der Waals surface area contributed by atoms with Crippen molar-refractivity contribution < 1.29 is 22.7 Å². The number of anilines is 1. The maximum absolute atomic E-state index is 13.8. The number of benzene rings is 1. The lowest BCUT2D eigenvalue weighted by molar-refractivity contribution is -0.173. The second-order valence-electron chi connectivity index (χ2n) is 7.17. The summed E-state index contributed by atoms with van der Waals surface area (Å²) in [4.78, 5) is 16.5. The summed E-state index contributed by atoms with van der Waals surface area (Å²) in [6.45, 7) is 0.192. The second kappa shape index (κ2) is 8.29. The molecule has 2 N–H and O–H groups in total. The largest absolute Gasteiger partial charge is 0.497 e. The number of nitrogens with one attached hydrogen (secondary N) is 2. The van der Waals surface area contributed by atoms with E-state index in [-0.39, 0.29) is 24.5 Å². The van der Waals surface area contributed by atoms with Gasteiger partial charge in [0.05, 0.1) is 13.2 Å². The normalized spacial score (nSPS) is 18.1. The molecule has 1 aliphatic rings. The van der Waals surface area contributed by atoms with E-state index in [0.717, 1.165) is 10.2 Å². The van der Waals surface area contributed by atoms with Crippen molar-refractivity contribution in [1.29, 1.82) is 0 Å². The van der Waals surface area contributed by atoms with E-state index in [9.17, 15) is 18.0 Å². The smallest absolute Gasteiger partial charge is 0.410 e. The summed E-state index contributed by atoms with van der Waals surface area (Å²) in [6.07, 6.45) is -1.58. The molecule has 1 aromatic carbocycles. The van der Waals surface area contributed by atoms with Gasteiger partial charge in [-0.05, 0) is 29.3 Å². The van der Waals surface area contributed by atoms with E-state index in [4.69, 9.17) is 4.74 Å². The van der Waals surface area contributed by atoms with E-state index in [1.54, 1.807) is 48.8 Å². The summed E-state index contributed by atoms with van der Waals surface area (Å²) in [5, 5.41) is 9.68. The van der Waals surface area contributed by atoms with Crippen LogP contribution in [0.15, 0.2) is 54.9 Å². The Bertz CT molecular complexity index is 1070. The molecule has 10 heteroatoms. The van der Waals surface area contributed by atoms with Gasteiger partial charge in [0.25, 0.3) is 5.91 Å². The molecule has 0 spiro atoms. The Balaban J connectivity index is 1.59. The van der Waals surface area contributed by atoms with Crippen molar-refractivity contribution in [2.24, 2.45) is 0 Å². The number of carbonyl (C=O) groups excluding carboxylic acids is 1. The van der Waals surface area contributed by atoms with Crippen LogP contribution in [0.2, 0.25) is 0 Å². The lowest BCUT2D eigenvalue weighted by atomic mass is 9.97. The predicted octanol–water partition coefficient (Wildman–Crippen LogP) is 3.88. The molecule has 1 aliphatic heterocycles. The van der Waals surface area contributed by atoms with Crippen molar-refractivity contribution in [3.8, 4) is 5.75 Å². The minimum atomic E-state index is -4.52. The molecule has 1 amide bonds. The first-order valence-electron chi connectivity index (χ1n) is 9.59. The maximum Gasteiger partial charge on any atom is 0.410 e. The zero-order valence-electron chi connectivity index (χ0n) is 16.6. The van der Waals surface area contributed by atoms with Crippen molar-refractivity contribution in [3.05, 3.63) is 71.7 Å². The van der Waals surface area contributed by atoms with Crippen LogP contribution in [0.25, 0.3) is 0 Å². The second-order valence-corrected chi connectivity index (χ2v) is 7.17. The highest BCUT2D eigenvalue weighted by molar-refractivity contribution is 5.93. The molecule has 3 aromatic rings. The molecular weight excluding hydrogens is 411 g/mol. The number of halogens is 3. The predicted molar refractivity (Wildman–Crippen MR) is 107 cm³/mol. The molecule has 0 saturated heterocycles. The Morgan fingerprint density at radius 1 is 1.29 bits per heavy atom. The molecule has 0 saturated carbocycles. The minimum absolute atomic E-state index is 0.0908. The fourth-order valence-corrected chi connectivity index (χ4v) is 3.54. The number of rotatable bonds is 5. The first-order valence-corrected chi connectivity index (χ1v) is 9.59. The summed E-state index contributed by atoms with van der Waals surface area (Å²) in [6, 6.07) is 9.25. The van der Waals surface area contributed by atoms with Gasteiger partial charge in [-0.15, -0.1) is 0 Å². The highest BCUT2D eigenvalue weighted by Gasteiger charge is 2.46. The average molecular weight is 431 g/mol. The molecule has 2 aromatic heterocycles. The Morgan fingerprint density at radius 2 is 2.13 bits per heavy atom. The number of hydrogen-bond acceptors (Lipinski definition) is 5. The van der Waals surface area contributed by atoms with Gasteiger partial charge in [-0.3, -0.25) is 9.78 Å². The fraction of sp³-hybridized carbons (Fsp3) is 0.286. The Hall–Kier alpha value is -3.56. The summed E-state index contributed by atoms with van der Waals surface area (Å²) in [5.74, 6) is 0.122. The van der Waals surface area contributed by atoms with Crippen LogP contribution in [0.5, 0.6) is 5.75 Å². The number of aromatic nitrogens is 3. The number of alkyl halides is 3. The Labute approximate surface area is 176 Å². The van der Waals surface area contributed by atoms with Crippen LogP contribution in [0, 0.1) is 0 Å². The quantitative estimate of drug-likeness (QED) is 0.641. The van der Waals surface area contributed by atoms with Crippen molar-refractivity contribution in [2.75, 3.05) is 12.4 Å². The van der Waals surface area contributed by atoms with Crippen LogP contribution in [0.4, 0.5) is 19.0 Å². The molecular formula is C21H20F3N5O2. The molecule has 3 heterocycles. The van der Waals surface area contributed by atoms with E-state index < -0.39 is 24.2 Å². The van der Waals surface area contributed by atoms with Crippen molar-refractivity contribution in [3.63, 3.8) is 0 Å². The van der Waals surface area contributed by atoms with E-state index in [0.29, 0.717) is 11.3 Å². The van der Waals surface area contributed by atoms with Gasteiger partial charge in [0.15, 0.2) is 11.7 Å². The van der Waals surface area contributed by atoms with Gasteiger partial charge < -0.3 is 15.4 Å². The van der Waals surface area contributed by atoms with Crippen molar-refractivity contribution >= 4 is 11.7 Å². The number of hydrogen-bond donors (Lipinski definition) is 2. The van der Waals surface area contributed by atoms with Crippen LogP contribution in [-0.4, -0.2) is 34.0 Å². The first kappa shape index (κ1) is 20.7. The molecule has 2 atom stereocenters. The number of ether oxygens (including phenoxy) is 1. The molecule has 4 rings (SSSR count). The van der Waals surface area contributed by atoms with Crippen LogP contribution < -0.4 is 15.4 Å². The lowest BCUT2D eigenvalue weighted by Crippen LogP contribution is -2.35. The third kappa shape index (κ3) is 4.47. The maximum atomic E-state index is 13.8. The number of amides is 1. The highest BCUT2D eigenvalue weighted by Crippen LogP contribution is 2.43. The molecule has 0 unspecified atom stereocenters. The van der Waals surface area contributed by atoms with Crippen LogP contribution in [0.3, 0.4) is 0 Å². The molecule has 162 valence electrons. The van der Waals surface area contributed by atoms with E-state index >= 15 is 0 Å². The van der Waals surface area contributed by atoms with Gasteiger partial charge in [-0.1, -0.05) is 18.2 Å². The topological polar surface area (TPSA) is 81.1 Å². The number of pyridine rings is 1. The van der Waals surface area contributed by atoms with Crippen molar-refractivity contribution in [1.82, 2.24) is 20.1 Å². The fourth-order valence-electron chi connectivity index (χ4n) is 3.54. The average Bonchev–Trinajstić information content (AvgIpc) is 3.21. The SMILES string of the molecule is COc1cccc([C@H]2C[C@@H](C(F)(F)F)n3nc(C(=O)NCc4cccnc4)cc3N2)c1. The van der Waals surface area contributed by atoms with Gasteiger partial charge in [-0.25, -0.2) is 4.68 Å². The van der Waals surface area contributed by atoms with E-state index in [1.807, 2.05) is 0 Å². The third-order valence-corrected chi connectivity index (χ3v) is 5.09.